The molecular formula is C23H28N2O4. The molecule has 1 aliphatic rings. The molecule has 0 saturated carbocycles. The van der Waals surface area contributed by atoms with E-state index in [0.29, 0.717) is 51.3 Å². The molecule has 0 bridgehead atoms. The molecular weight excluding hydrogens is 368 g/mol. The minimum atomic E-state index is -0.0293. The van der Waals surface area contributed by atoms with Crippen LogP contribution >= 0.6 is 0 Å². The SMILES string of the molecule is COc1ccc(OCCC(=O)N2CCC(C(=O)NCc3ccccc3)CC2)cc1. The summed E-state index contributed by atoms with van der Waals surface area (Å²) in [5.41, 5.74) is 1.09. The van der Waals surface area contributed by atoms with Gasteiger partial charge in [0.2, 0.25) is 11.8 Å². The molecule has 3 rings (SSSR count). The number of likely N-dealkylation sites (tertiary alicyclic amines) is 1. The largest absolute Gasteiger partial charge is 0.497 e. The second kappa shape index (κ2) is 10.5. The molecule has 1 fully saturated rings. The van der Waals surface area contributed by atoms with Gasteiger partial charge in [-0.05, 0) is 42.7 Å². The zero-order valence-corrected chi connectivity index (χ0v) is 16.8. The van der Waals surface area contributed by atoms with E-state index in [1.807, 2.05) is 59.5 Å². The number of rotatable bonds is 8. The van der Waals surface area contributed by atoms with Crippen LogP contribution in [-0.4, -0.2) is 43.5 Å². The predicted octanol–water partition coefficient (Wildman–Crippen LogP) is 3.02. The van der Waals surface area contributed by atoms with Crippen molar-refractivity contribution in [3.8, 4) is 11.5 Å². The summed E-state index contributed by atoms with van der Waals surface area (Å²) in [6, 6.07) is 17.2. The smallest absolute Gasteiger partial charge is 0.225 e. The van der Waals surface area contributed by atoms with Gasteiger partial charge in [-0.25, -0.2) is 0 Å². The number of hydrogen-bond acceptors (Lipinski definition) is 4. The number of piperidine rings is 1. The molecule has 0 spiro atoms. The Labute approximate surface area is 171 Å². The van der Waals surface area contributed by atoms with Crippen LogP contribution in [0.25, 0.3) is 0 Å². The van der Waals surface area contributed by atoms with Gasteiger partial charge in [-0.3, -0.25) is 9.59 Å². The number of carbonyl (C=O) groups excluding carboxylic acids is 2. The molecule has 154 valence electrons. The standard InChI is InChI=1S/C23H28N2O4/c1-28-20-7-9-21(10-8-20)29-16-13-22(26)25-14-11-19(12-15-25)23(27)24-17-18-5-3-2-4-6-18/h2-10,19H,11-17H2,1H3,(H,24,27). The van der Waals surface area contributed by atoms with Crippen LogP contribution in [0.2, 0.25) is 0 Å². The molecule has 6 nitrogen and oxygen atoms in total. The fraction of sp³-hybridized carbons (Fsp3) is 0.391. The number of benzene rings is 2. The molecule has 29 heavy (non-hydrogen) atoms. The number of amides is 2. The number of nitrogens with zero attached hydrogens (tertiary/aromatic N) is 1. The second-order valence-electron chi connectivity index (χ2n) is 7.13. The van der Waals surface area contributed by atoms with E-state index < -0.39 is 0 Å². The molecule has 0 atom stereocenters. The minimum absolute atomic E-state index is 0.0293. The van der Waals surface area contributed by atoms with E-state index >= 15 is 0 Å². The van der Waals surface area contributed by atoms with Crippen LogP contribution in [0.15, 0.2) is 54.6 Å². The first-order valence-corrected chi connectivity index (χ1v) is 10.0. The monoisotopic (exact) mass is 396 g/mol. The van der Waals surface area contributed by atoms with Crippen LogP contribution in [0.5, 0.6) is 11.5 Å². The Morgan fingerprint density at radius 2 is 1.66 bits per heavy atom. The number of ether oxygens (including phenoxy) is 2. The van der Waals surface area contributed by atoms with Crippen LogP contribution in [-0.2, 0) is 16.1 Å². The Hall–Kier alpha value is -3.02. The average Bonchev–Trinajstić information content (AvgIpc) is 2.78. The van der Waals surface area contributed by atoms with E-state index in [-0.39, 0.29) is 17.7 Å². The molecule has 1 aliphatic heterocycles. The van der Waals surface area contributed by atoms with Gasteiger partial charge in [0.25, 0.3) is 0 Å². The van der Waals surface area contributed by atoms with Crippen molar-refractivity contribution in [3.05, 3.63) is 60.2 Å². The number of carbonyl (C=O) groups is 2. The summed E-state index contributed by atoms with van der Waals surface area (Å²) in [5, 5.41) is 3.00. The van der Waals surface area contributed by atoms with Crippen molar-refractivity contribution in [2.75, 3.05) is 26.8 Å². The third-order valence-electron chi connectivity index (χ3n) is 5.17. The first kappa shape index (κ1) is 20.7. The van der Waals surface area contributed by atoms with Crippen molar-refractivity contribution >= 4 is 11.8 Å². The summed E-state index contributed by atoms with van der Waals surface area (Å²) in [4.78, 5) is 26.6. The third-order valence-corrected chi connectivity index (χ3v) is 5.17. The van der Waals surface area contributed by atoms with E-state index in [1.165, 1.54) is 0 Å². The molecule has 6 heteroatoms. The molecule has 2 aromatic rings. The fourth-order valence-electron chi connectivity index (χ4n) is 3.41. The summed E-state index contributed by atoms with van der Waals surface area (Å²) >= 11 is 0. The third kappa shape index (κ3) is 6.24. The van der Waals surface area contributed by atoms with Crippen LogP contribution < -0.4 is 14.8 Å². The summed E-state index contributed by atoms with van der Waals surface area (Å²) in [5.74, 6) is 1.60. The molecule has 0 aromatic heterocycles. The van der Waals surface area contributed by atoms with Gasteiger partial charge in [-0.2, -0.15) is 0 Å². The highest BCUT2D eigenvalue weighted by Gasteiger charge is 2.27. The van der Waals surface area contributed by atoms with E-state index in [1.54, 1.807) is 7.11 Å². The normalized spacial score (nSPS) is 14.3. The van der Waals surface area contributed by atoms with Crippen LogP contribution in [0.4, 0.5) is 0 Å². The zero-order chi connectivity index (χ0) is 20.5. The van der Waals surface area contributed by atoms with Crippen molar-refractivity contribution in [1.29, 1.82) is 0 Å². The molecule has 1 N–H and O–H groups in total. The summed E-state index contributed by atoms with van der Waals surface area (Å²) in [6.07, 6.45) is 1.73. The topological polar surface area (TPSA) is 67.9 Å². The zero-order valence-electron chi connectivity index (χ0n) is 16.8. The van der Waals surface area contributed by atoms with Crippen molar-refractivity contribution in [2.45, 2.75) is 25.8 Å². The van der Waals surface area contributed by atoms with Gasteiger partial charge in [0.15, 0.2) is 0 Å². The van der Waals surface area contributed by atoms with Gasteiger partial charge in [-0.15, -0.1) is 0 Å². The molecule has 0 unspecified atom stereocenters. The summed E-state index contributed by atoms with van der Waals surface area (Å²) in [6.45, 7) is 2.11. The lowest BCUT2D eigenvalue weighted by atomic mass is 9.95. The summed E-state index contributed by atoms with van der Waals surface area (Å²) < 4.78 is 10.7. The molecule has 2 aromatic carbocycles. The Balaban J connectivity index is 1.34. The quantitative estimate of drug-likeness (QED) is 0.745. The maximum absolute atomic E-state index is 12.4. The van der Waals surface area contributed by atoms with E-state index in [4.69, 9.17) is 9.47 Å². The first-order valence-electron chi connectivity index (χ1n) is 10.0. The van der Waals surface area contributed by atoms with Crippen molar-refractivity contribution in [2.24, 2.45) is 5.92 Å². The number of methoxy groups -OCH3 is 1. The minimum Gasteiger partial charge on any atom is -0.497 e. The second-order valence-corrected chi connectivity index (χ2v) is 7.13. The Kier molecular flexibility index (Phi) is 7.50. The Morgan fingerprint density at radius 1 is 1.00 bits per heavy atom. The van der Waals surface area contributed by atoms with Gasteiger partial charge in [0, 0.05) is 25.6 Å². The van der Waals surface area contributed by atoms with E-state index in [2.05, 4.69) is 5.32 Å². The number of hydrogen-bond donors (Lipinski definition) is 1. The molecule has 0 aliphatic carbocycles. The average molecular weight is 396 g/mol. The fourth-order valence-corrected chi connectivity index (χ4v) is 3.41. The van der Waals surface area contributed by atoms with E-state index in [0.717, 1.165) is 11.3 Å². The molecule has 0 radical (unpaired) electrons. The van der Waals surface area contributed by atoms with Crippen molar-refractivity contribution in [3.63, 3.8) is 0 Å². The van der Waals surface area contributed by atoms with Crippen LogP contribution in [0, 0.1) is 5.92 Å². The predicted molar refractivity (Wildman–Crippen MR) is 111 cm³/mol. The van der Waals surface area contributed by atoms with Crippen LogP contribution in [0.1, 0.15) is 24.8 Å². The lowest BCUT2D eigenvalue weighted by molar-refractivity contribution is -0.136. The highest BCUT2D eigenvalue weighted by atomic mass is 16.5. The van der Waals surface area contributed by atoms with Gasteiger partial charge in [-0.1, -0.05) is 30.3 Å². The van der Waals surface area contributed by atoms with Crippen molar-refractivity contribution < 1.29 is 19.1 Å². The Morgan fingerprint density at radius 3 is 2.31 bits per heavy atom. The molecule has 1 heterocycles. The maximum atomic E-state index is 12.4. The van der Waals surface area contributed by atoms with Gasteiger partial charge >= 0.3 is 0 Å². The van der Waals surface area contributed by atoms with Gasteiger partial charge < -0.3 is 19.7 Å². The number of nitrogens with one attached hydrogen (secondary N) is 1. The van der Waals surface area contributed by atoms with Gasteiger partial charge in [0.1, 0.15) is 11.5 Å². The highest BCUT2D eigenvalue weighted by Crippen LogP contribution is 2.19. The highest BCUT2D eigenvalue weighted by molar-refractivity contribution is 5.80. The van der Waals surface area contributed by atoms with Crippen LogP contribution in [0.3, 0.4) is 0 Å². The lowest BCUT2D eigenvalue weighted by Gasteiger charge is -2.31. The first-order chi connectivity index (χ1) is 14.2. The lowest BCUT2D eigenvalue weighted by Crippen LogP contribution is -2.43. The molecule has 1 saturated heterocycles. The molecule has 2 amide bonds. The Bertz CT molecular complexity index is 784. The van der Waals surface area contributed by atoms with Gasteiger partial charge in [0.05, 0.1) is 20.1 Å². The maximum Gasteiger partial charge on any atom is 0.225 e. The summed E-state index contributed by atoms with van der Waals surface area (Å²) in [7, 11) is 1.62. The van der Waals surface area contributed by atoms with Crippen molar-refractivity contribution in [1.82, 2.24) is 10.2 Å². The van der Waals surface area contributed by atoms with E-state index in [9.17, 15) is 9.59 Å².